The summed E-state index contributed by atoms with van der Waals surface area (Å²) in [5.41, 5.74) is 0.435. The van der Waals surface area contributed by atoms with Crippen molar-refractivity contribution in [1.82, 2.24) is 4.90 Å². The Labute approximate surface area is 141 Å². The van der Waals surface area contributed by atoms with Crippen molar-refractivity contribution in [3.63, 3.8) is 0 Å². The van der Waals surface area contributed by atoms with Crippen LogP contribution in [0.25, 0.3) is 0 Å². The molecule has 2 aliphatic heterocycles. The average molecular weight is 333 g/mol. The topological polar surface area (TPSA) is 76.1 Å². The fourth-order valence-corrected chi connectivity index (χ4v) is 3.63. The average Bonchev–Trinajstić information content (AvgIpc) is 2.62. The van der Waals surface area contributed by atoms with Gasteiger partial charge in [-0.1, -0.05) is 30.3 Å². The molecule has 3 rings (SSSR count). The molecule has 0 spiro atoms. The summed E-state index contributed by atoms with van der Waals surface area (Å²) >= 11 is 0. The number of carboxylic acid groups (broad SMARTS) is 1. The highest BCUT2D eigenvalue weighted by Crippen LogP contribution is 2.37. The van der Waals surface area contributed by atoms with Crippen molar-refractivity contribution < 1.29 is 24.2 Å². The van der Waals surface area contributed by atoms with Gasteiger partial charge in [-0.25, -0.2) is 0 Å². The minimum atomic E-state index is -0.905. The van der Waals surface area contributed by atoms with Gasteiger partial charge in [0, 0.05) is 26.3 Å². The van der Waals surface area contributed by atoms with E-state index in [1.54, 1.807) is 4.90 Å². The summed E-state index contributed by atoms with van der Waals surface area (Å²) in [6, 6.07) is 9.84. The molecule has 1 amide bonds. The van der Waals surface area contributed by atoms with Crippen molar-refractivity contribution in [3.8, 4) is 0 Å². The molecular weight excluding hydrogens is 310 g/mol. The first kappa shape index (κ1) is 16.9. The number of hydrogen-bond acceptors (Lipinski definition) is 4. The van der Waals surface area contributed by atoms with E-state index >= 15 is 0 Å². The third-order valence-electron chi connectivity index (χ3n) is 4.91. The molecule has 6 heteroatoms. The van der Waals surface area contributed by atoms with E-state index in [2.05, 4.69) is 0 Å². The van der Waals surface area contributed by atoms with E-state index in [4.69, 9.17) is 14.6 Å². The normalized spacial score (nSPS) is 23.7. The lowest BCUT2D eigenvalue weighted by atomic mass is 9.73. The summed E-state index contributed by atoms with van der Waals surface area (Å²) in [6.07, 6.45) is 0.784. The van der Waals surface area contributed by atoms with Gasteiger partial charge in [0.05, 0.1) is 24.5 Å². The Bertz CT molecular complexity index is 582. The van der Waals surface area contributed by atoms with Crippen molar-refractivity contribution in [2.45, 2.75) is 30.8 Å². The second kappa shape index (κ2) is 7.32. The highest BCUT2D eigenvalue weighted by Gasteiger charge is 2.45. The van der Waals surface area contributed by atoms with Crippen molar-refractivity contribution >= 4 is 11.9 Å². The van der Waals surface area contributed by atoms with E-state index < -0.39 is 17.5 Å². The zero-order chi connectivity index (χ0) is 17.0. The van der Waals surface area contributed by atoms with Crippen molar-refractivity contribution in [2.24, 2.45) is 0 Å². The van der Waals surface area contributed by atoms with Crippen LogP contribution < -0.4 is 0 Å². The lowest BCUT2D eigenvalue weighted by Crippen LogP contribution is -2.55. The Morgan fingerprint density at radius 2 is 1.88 bits per heavy atom. The molecule has 0 radical (unpaired) electrons. The van der Waals surface area contributed by atoms with Crippen LogP contribution in [0.4, 0.5) is 0 Å². The predicted octanol–water partition coefficient (Wildman–Crippen LogP) is 1.44. The van der Waals surface area contributed by atoms with E-state index in [-0.39, 0.29) is 12.3 Å². The molecule has 2 fully saturated rings. The number of hydrogen-bond donors (Lipinski definition) is 1. The summed E-state index contributed by atoms with van der Waals surface area (Å²) in [5, 5.41) is 8.97. The van der Waals surface area contributed by atoms with E-state index in [1.165, 1.54) is 0 Å². The van der Waals surface area contributed by atoms with Gasteiger partial charge < -0.3 is 19.5 Å². The molecule has 1 aromatic carbocycles. The van der Waals surface area contributed by atoms with Crippen LogP contribution in [0.2, 0.25) is 0 Å². The summed E-state index contributed by atoms with van der Waals surface area (Å²) in [4.78, 5) is 26.1. The zero-order valence-corrected chi connectivity index (χ0v) is 13.6. The van der Waals surface area contributed by atoms with Gasteiger partial charge in [-0.15, -0.1) is 0 Å². The molecule has 0 saturated carbocycles. The Morgan fingerprint density at radius 1 is 1.17 bits per heavy atom. The van der Waals surface area contributed by atoms with Crippen LogP contribution in [0.1, 0.15) is 24.8 Å². The SMILES string of the molecule is O=C(O)C[C@@H]1CN(C(=O)C2(c3ccccc3)CCOCC2)CCO1. The number of rotatable bonds is 4. The largest absolute Gasteiger partial charge is 0.481 e. The van der Waals surface area contributed by atoms with E-state index in [0.717, 1.165) is 5.56 Å². The zero-order valence-electron chi connectivity index (χ0n) is 13.6. The first-order valence-corrected chi connectivity index (χ1v) is 8.38. The molecule has 1 atom stereocenters. The summed E-state index contributed by atoms with van der Waals surface area (Å²) < 4.78 is 11.0. The van der Waals surface area contributed by atoms with E-state index in [0.29, 0.717) is 45.8 Å². The molecule has 0 aliphatic carbocycles. The molecule has 0 bridgehead atoms. The number of carboxylic acids is 1. The lowest BCUT2D eigenvalue weighted by Gasteiger charge is -2.42. The van der Waals surface area contributed by atoms with Crippen LogP contribution in [0.15, 0.2) is 30.3 Å². The number of benzene rings is 1. The van der Waals surface area contributed by atoms with Gasteiger partial charge in [-0.2, -0.15) is 0 Å². The fourth-order valence-electron chi connectivity index (χ4n) is 3.63. The second-order valence-corrected chi connectivity index (χ2v) is 6.40. The number of amides is 1. The summed E-state index contributed by atoms with van der Waals surface area (Å²) in [5.74, 6) is -0.839. The first-order chi connectivity index (χ1) is 11.6. The number of carbonyl (C=O) groups excluding carboxylic acids is 1. The standard InChI is InChI=1S/C18H23NO5/c20-16(21)12-15-13-19(8-11-24-15)17(22)18(6-9-23-10-7-18)14-4-2-1-3-5-14/h1-5,15H,6-13H2,(H,20,21)/t15-/m1/s1. The van der Waals surface area contributed by atoms with Gasteiger partial charge in [0.1, 0.15) is 0 Å². The van der Waals surface area contributed by atoms with E-state index in [9.17, 15) is 9.59 Å². The molecule has 6 nitrogen and oxygen atoms in total. The minimum absolute atomic E-state index is 0.0655. The second-order valence-electron chi connectivity index (χ2n) is 6.40. The Hall–Kier alpha value is -1.92. The Kier molecular flexibility index (Phi) is 5.16. The highest BCUT2D eigenvalue weighted by molar-refractivity contribution is 5.88. The third kappa shape index (κ3) is 3.44. The predicted molar refractivity (Wildman–Crippen MR) is 86.7 cm³/mol. The van der Waals surface area contributed by atoms with Crippen LogP contribution >= 0.6 is 0 Å². The molecule has 0 unspecified atom stereocenters. The number of morpholine rings is 1. The maximum atomic E-state index is 13.4. The molecular formula is C18H23NO5. The molecule has 1 aromatic rings. The third-order valence-corrected chi connectivity index (χ3v) is 4.91. The van der Waals surface area contributed by atoms with Crippen LogP contribution in [-0.2, 0) is 24.5 Å². The van der Waals surface area contributed by atoms with Crippen LogP contribution in [-0.4, -0.2) is 60.9 Å². The van der Waals surface area contributed by atoms with Crippen LogP contribution in [0.5, 0.6) is 0 Å². The number of aliphatic carboxylic acids is 1. The first-order valence-electron chi connectivity index (χ1n) is 8.38. The van der Waals surface area contributed by atoms with Gasteiger partial charge in [0.15, 0.2) is 0 Å². The molecule has 1 N–H and O–H groups in total. The number of carbonyl (C=O) groups is 2. The smallest absolute Gasteiger partial charge is 0.306 e. The molecule has 2 heterocycles. The summed E-state index contributed by atoms with van der Waals surface area (Å²) in [7, 11) is 0. The molecule has 130 valence electrons. The summed E-state index contributed by atoms with van der Waals surface area (Å²) in [6.45, 7) is 2.34. The van der Waals surface area contributed by atoms with Gasteiger partial charge >= 0.3 is 5.97 Å². The fraction of sp³-hybridized carbons (Fsp3) is 0.556. The maximum Gasteiger partial charge on any atom is 0.306 e. The monoisotopic (exact) mass is 333 g/mol. The number of ether oxygens (including phenoxy) is 2. The maximum absolute atomic E-state index is 13.4. The van der Waals surface area contributed by atoms with Crippen molar-refractivity contribution in [1.29, 1.82) is 0 Å². The van der Waals surface area contributed by atoms with Gasteiger partial charge in [-0.05, 0) is 18.4 Å². The molecule has 24 heavy (non-hydrogen) atoms. The number of nitrogens with zero attached hydrogens (tertiary/aromatic N) is 1. The van der Waals surface area contributed by atoms with Crippen molar-refractivity contribution in [3.05, 3.63) is 35.9 Å². The Morgan fingerprint density at radius 3 is 2.54 bits per heavy atom. The van der Waals surface area contributed by atoms with Crippen molar-refractivity contribution in [2.75, 3.05) is 32.9 Å². The lowest BCUT2D eigenvalue weighted by molar-refractivity contribution is -0.153. The molecule has 0 aromatic heterocycles. The van der Waals surface area contributed by atoms with Crippen LogP contribution in [0, 0.1) is 0 Å². The molecule has 2 saturated heterocycles. The minimum Gasteiger partial charge on any atom is -0.481 e. The Balaban J connectivity index is 1.82. The highest BCUT2D eigenvalue weighted by atomic mass is 16.5. The van der Waals surface area contributed by atoms with E-state index in [1.807, 2.05) is 30.3 Å². The van der Waals surface area contributed by atoms with Crippen LogP contribution in [0.3, 0.4) is 0 Å². The van der Waals surface area contributed by atoms with Gasteiger partial charge in [0.25, 0.3) is 0 Å². The quantitative estimate of drug-likeness (QED) is 0.902. The van der Waals surface area contributed by atoms with Gasteiger partial charge in [-0.3, -0.25) is 9.59 Å². The van der Waals surface area contributed by atoms with Gasteiger partial charge in [0.2, 0.25) is 5.91 Å². The molecule has 2 aliphatic rings.